The van der Waals surface area contributed by atoms with Gasteiger partial charge >= 0.3 is 0 Å². The second-order valence-electron chi connectivity index (χ2n) is 7.72. The maximum atomic E-state index is 12.2. The monoisotopic (exact) mass is 380 g/mol. The molecule has 1 aliphatic rings. The molecule has 1 saturated heterocycles. The number of nitrogens with one attached hydrogen (secondary N) is 1. The number of rotatable bonds is 5. The van der Waals surface area contributed by atoms with Gasteiger partial charge in [-0.3, -0.25) is 0 Å². The summed E-state index contributed by atoms with van der Waals surface area (Å²) in [6, 6.07) is 8.48. The molecule has 1 N–H and O–H groups in total. The summed E-state index contributed by atoms with van der Waals surface area (Å²) in [6.07, 6.45) is 0. The lowest BCUT2D eigenvalue weighted by Crippen LogP contribution is -2.57. The number of nitrogens with zero attached hydrogens (tertiary/aromatic N) is 3. The van der Waals surface area contributed by atoms with Gasteiger partial charge in [0.2, 0.25) is 0 Å². The van der Waals surface area contributed by atoms with Crippen LogP contribution in [-0.2, 0) is 22.9 Å². The van der Waals surface area contributed by atoms with Crippen molar-refractivity contribution in [3.05, 3.63) is 35.4 Å². The number of guanidine groups is 1. The molecule has 0 radical (unpaired) electrons. The lowest BCUT2D eigenvalue weighted by molar-refractivity contribution is 0.353. The highest BCUT2D eigenvalue weighted by Gasteiger charge is 2.40. The summed E-state index contributed by atoms with van der Waals surface area (Å²) in [6.45, 7) is 8.81. The summed E-state index contributed by atoms with van der Waals surface area (Å²) in [5.41, 5.74) is 2.42. The van der Waals surface area contributed by atoms with Crippen LogP contribution in [0.4, 0.5) is 0 Å². The second-order valence-corrected chi connectivity index (χ2v) is 10.5. The van der Waals surface area contributed by atoms with E-state index in [2.05, 4.69) is 53.5 Å². The lowest BCUT2D eigenvalue weighted by atomic mass is 10.1. The molecule has 7 heteroatoms. The van der Waals surface area contributed by atoms with Crippen molar-refractivity contribution in [3.8, 4) is 0 Å². The average Bonchev–Trinajstić information content (AvgIpc) is 2.55. The number of hydrogen-bond donors (Lipinski definition) is 1. The highest BCUT2D eigenvalue weighted by Crippen LogP contribution is 2.23. The SMILES string of the molecule is CCNC(=NCc1ccc(CN(C)C)cc1)N1CCS(=O)(=O)C(C)(C)C1. The Balaban J connectivity index is 2.09. The Morgan fingerprint density at radius 3 is 2.38 bits per heavy atom. The van der Waals surface area contributed by atoms with Crippen molar-refractivity contribution in [2.24, 2.45) is 4.99 Å². The number of benzene rings is 1. The smallest absolute Gasteiger partial charge is 0.194 e. The van der Waals surface area contributed by atoms with Crippen molar-refractivity contribution in [2.45, 2.75) is 38.6 Å². The van der Waals surface area contributed by atoms with Crippen molar-refractivity contribution < 1.29 is 8.42 Å². The molecule has 0 aliphatic carbocycles. The van der Waals surface area contributed by atoms with Crippen LogP contribution in [0.15, 0.2) is 29.3 Å². The Hall–Kier alpha value is -1.60. The molecule has 1 aliphatic heterocycles. The van der Waals surface area contributed by atoms with Crippen LogP contribution in [0.1, 0.15) is 31.9 Å². The molecular formula is C19H32N4O2S. The lowest BCUT2D eigenvalue weighted by Gasteiger charge is -2.39. The average molecular weight is 381 g/mol. The van der Waals surface area contributed by atoms with Gasteiger partial charge in [-0.1, -0.05) is 24.3 Å². The molecule has 0 aromatic heterocycles. The van der Waals surface area contributed by atoms with Gasteiger partial charge in [0.05, 0.1) is 17.0 Å². The summed E-state index contributed by atoms with van der Waals surface area (Å²) in [5.74, 6) is 0.955. The van der Waals surface area contributed by atoms with Crippen molar-refractivity contribution in [1.82, 2.24) is 15.1 Å². The number of aliphatic imine (C=N–C) groups is 1. The fourth-order valence-corrected chi connectivity index (χ4v) is 4.40. The van der Waals surface area contributed by atoms with Crippen molar-refractivity contribution in [1.29, 1.82) is 0 Å². The van der Waals surface area contributed by atoms with Gasteiger partial charge in [0.1, 0.15) is 0 Å². The minimum absolute atomic E-state index is 0.170. The molecule has 0 atom stereocenters. The van der Waals surface area contributed by atoms with E-state index in [1.54, 1.807) is 13.8 Å². The molecule has 1 fully saturated rings. The fraction of sp³-hybridized carbons (Fsp3) is 0.632. The van der Waals surface area contributed by atoms with Crippen LogP contribution >= 0.6 is 0 Å². The van der Waals surface area contributed by atoms with Crippen molar-refractivity contribution >= 4 is 15.8 Å². The first-order valence-electron chi connectivity index (χ1n) is 9.13. The zero-order valence-corrected chi connectivity index (χ0v) is 17.4. The van der Waals surface area contributed by atoms with Gasteiger partial charge in [-0.25, -0.2) is 13.4 Å². The van der Waals surface area contributed by atoms with Gasteiger partial charge in [0.25, 0.3) is 0 Å². The molecule has 0 amide bonds. The van der Waals surface area contributed by atoms with Crippen LogP contribution in [0.5, 0.6) is 0 Å². The minimum atomic E-state index is -3.05. The van der Waals surface area contributed by atoms with Gasteiger partial charge < -0.3 is 15.1 Å². The van der Waals surface area contributed by atoms with E-state index >= 15 is 0 Å². The van der Waals surface area contributed by atoms with Crippen LogP contribution < -0.4 is 5.32 Å². The third-order valence-corrected chi connectivity index (χ3v) is 7.14. The maximum Gasteiger partial charge on any atom is 0.194 e. The highest BCUT2D eigenvalue weighted by atomic mass is 32.2. The van der Waals surface area contributed by atoms with Crippen LogP contribution in [0, 0.1) is 0 Å². The van der Waals surface area contributed by atoms with E-state index in [-0.39, 0.29) is 5.75 Å². The van der Waals surface area contributed by atoms with Gasteiger partial charge in [0.15, 0.2) is 15.8 Å². The number of hydrogen-bond acceptors (Lipinski definition) is 4. The molecule has 1 heterocycles. The first kappa shape index (κ1) is 20.7. The van der Waals surface area contributed by atoms with E-state index in [0.717, 1.165) is 24.6 Å². The summed E-state index contributed by atoms with van der Waals surface area (Å²) in [5, 5.41) is 3.30. The molecule has 2 rings (SSSR count). The molecule has 0 unspecified atom stereocenters. The first-order chi connectivity index (χ1) is 12.1. The summed E-state index contributed by atoms with van der Waals surface area (Å²) < 4.78 is 23.7. The first-order valence-corrected chi connectivity index (χ1v) is 10.8. The van der Waals surface area contributed by atoms with Crippen LogP contribution in [0.3, 0.4) is 0 Å². The number of sulfone groups is 1. The topological polar surface area (TPSA) is 65.0 Å². The zero-order chi connectivity index (χ0) is 19.4. The fourth-order valence-electron chi connectivity index (χ4n) is 3.03. The highest BCUT2D eigenvalue weighted by molar-refractivity contribution is 7.92. The molecule has 0 spiro atoms. The van der Waals surface area contributed by atoms with E-state index in [4.69, 9.17) is 4.99 Å². The van der Waals surface area contributed by atoms with E-state index in [1.165, 1.54) is 5.56 Å². The second kappa shape index (κ2) is 8.39. The molecule has 0 saturated carbocycles. The third kappa shape index (κ3) is 5.20. The predicted molar refractivity (Wildman–Crippen MR) is 108 cm³/mol. The molecule has 1 aromatic rings. The minimum Gasteiger partial charge on any atom is -0.357 e. The normalized spacial score (nSPS) is 19.6. The third-order valence-electron chi connectivity index (χ3n) is 4.61. The molecular weight excluding hydrogens is 348 g/mol. The summed E-state index contributed by atoms with van der Waals surface area (Å²) >= 11 is 0. The molecule has 26 heavy (non-hydrogen) atoms. The predicted octanol–water partition coefficient (Wildman–Crippen LogP) is 1.72. The Morgan fingerprint density at radius 1 is 1.23 bits per heavy atom. The summed E-state index contributed by atoms with van der Waals surface area (Å²) in [7, 11) is 1.06. The molecule has 0 bridgehead atoms. The van der Waals surface area contributed by atoms with Crippen molar-refractivity contribution in [3.63, 3.8) is 0 Å². The van der Waals surface area contributed by atoms with Gasteiger partial charge in [-0.05, 0) is 46.0 Å². The van der Waals surface area contributed by atoms with Gasteiger partial charge in [-0.15, -0.1) is 0 Å². The van der Waals surface area contributed by atoms with Gasteiger partial charge in [0, 0.05) is 26.2 Å². The van der Waals surface area contributed by atoms with E-state index in [9.17, 15) is 8.42 Å². The Bertz CT molecular complexity index is 724. The summed E-state index contributed by atoms with van der Waals surface area (Å²) in [4.78, 5) is 8.94. The van der Waals surface area contributed by atoms with E-state index in [1.807, 2.05) is 6.92 Å². The molecule has 146 valence electrons. The molecule has 1 aromatic carbocycles. The Kier molecular flexibility index (Phi) is 6.69. The quantitative estimate of drug-likeness (QED) is 0.622. The Morgan fingerprint density at radius 2 is 1.85 bits per heavy atom. The van der Waals surface area contributed by atoms with E-state index < -0.39 is 14.6 Å². The molecule has 6 nitrogen and oxygen atoms in total. The van der Waals surface area contributed by atoms with Gasteiger partial charge in [-0.2, -0.15) is 0 Å². The maximum absolute atomic E-state index is 12.2. The van der Waals surface area contributed by atoms with E-state index in [0.29, 0.717) is 19.6 Å². The largest absolute Gasteiger partial charge is 0.357 e. The van der Waals surface area contributed by atoms with Crippen LogP contribution in [0.2, 0.25) is 0 Å². The van der Waals surface area contributed by atoms with Crippen LogP contribution in [-0.4, -0.2) is 68.4 Å². The van der Waals surface area contributed by atoms with Crippen molar-refractivity contribution in [2.75, 3.05) is 39.5 Å². The van der Waals surface area contributed by atoms with Crippen LogP contribution in [0.25, 0.3) is 0 Å². The standard InChI is InChI=1S/C19H32N4O2S/c1-6-20-18(23-11-12-26(24,25)19(2,3)15-23)21-13-16-7-9-17(10-8-16)14-22(4)5/h7-10H,6,11-15H2,1-5H3,(H,20,21). The Labute approximate surface area is 158 Å². The zero-order valence-electron chi connectivity index (χ0n) is 16.6.